The summed E-state index contributed by atoms with van der Waals surface area (Å²) in [5.41, 5.74) is 6.97. The number of phenols is 1. The van der Waals surface area contributed by atoms with Gasteiger partial charge in [-0.1, -0.05) is 26.8 Å². The maximum atomic E-state index is 9.63. The predicted octanol–water partition coefficient (Wildman–Crippen LogP) is 2.45. The molecule has 3 nitrogen and oxygen atoms in total. The van der Waals surface area contributed by atoms with Crippen molar-refractivity contribution in [2.24, 2.45) is 11.1 Å². The van der Waals surface area contributed by atoms with Gasteiger partial charge in [-0.15, -0.1) is 0 Å². The molecule has 0 bridgehead atoms. The summed E-state index contributed by atoms with van der Waals surface area (Å²) in [6.07, 6.45) is 0. The second-order valence-electron chi connectivity index (χ2n) is 4.77. The summed E-state index contributed by atoms with van der Waals surface area (Å²) >= 11 is 0. The Bertz CT molecular complexity index is 342. The Labute approximate surface area is 90.9 Å². The summed E-state index contributed by atoms with van der Waals surface area (Å²) in [7, 11) is 1.53. The fourth-order valence-corrected chi connectivity index (χ4v) is 1.40. The lowest BCUT2D eigenvalue weighted by Gasteiger charge is -2.27. The largest absolute Gasteiger partial charge is 0.504 e. The third kappa shape index (κ3) is 2.63. The molecule has 3 heteroatoms. The van der Waals surface area contributed by atoms with Gasteiger partial charge in [-0.05, 0) is 23.1 Å². The monoisotopic (exact) mass is 209 g/mol. The fourth-order valence-electron chi connectivity index (χ4n) is 1.40. The first-order valence-electron chi connectivity index (χ1n) is 4.98. The molecule has 0 aromatic heterocycles. The minimum Gasteiger partial charge on any atom is -0.504 e. The standard InChI is InChI=1S/C12H19NO2/c1-12(2,3)11(13)8-5-6-10(15-4)9(14)7-8/h5-7,11,14H,13H2,1-4H3/t11-/m0/s1. The van der Waals surface area contributed by atoms with Crippen LogP contribution in [-0.4, -0.2) is 12.2 Å². The highest BCUT2D eigenvalue weighted by Crippen LogP contribution is 2.34. The number of benzene rings is 1. The summed E-state index contributed by atoms with van der Waals surface area (Å²) in [6.45, 7) is 6.21. The molecule has 0 aliphatic carbocycles. The maximum Gasteiger partial charge on any atom is 0.160 e. The number of aromatic hydroxyl groups is 1. The van der Waals surface area contributed by atoms with E-state index in [1.54, 1.807) is 12.1 Å². The number of rotatable bonds is 2. The molecule has 1 aromatic rings. The highest BCUT2D eigenvalue weighted by Gasteiger charge is 2.22. The van der Waals surface area contributed by atoms with Gasteiger partial charge in [-0.2, -0.15) is 0 Å². The fraction of sp³-hybridized carbons (Fsp3) is 0.500. The number of hydrogen-bond acceptors (Lipinski definition) is 3. The molecule has 3 N–H and O–H groups in total. The van der Waals surface area contributed by atoms with Crippen LogP contribution in [0, 0.1) is 5.41 Å². The molecule has 0 aliphatic rings. The van der Waals surface area contributed by atoms with Gasteiger partial charge in [0.1, 0.15) is 0 Å². The molecule has 0 heterocycles. The zero-order chi connectivity index (χ0) is 11.6. The highest BCUT2D eigenvalue weighted by molar-refractivity contribution is 5.42. The van der Waals surface area contributed by atoms with E-state index in [9.17, 15) is 5.11 Å². The lowest BCUT2D eigenvalue weighted by atomic mass is 9.83. The van der Waals surface area contributed by atoms with Crippen LogP contribution in [0.5, 0.6) is 11.5 Å². The first kappa shape index (κ1) is 11.9. The van der Waals surface area contributed by atoms with Crippen LogP contribution in [0.3, 0.4) is 0 Å². The van der Waals surface area contributed by atoms with E-state index >= 15 is 0 Å². The lowest BCUT2D eigenvalue weighted by molar-refractivity contribution is 0.324. The Morgan fingerprint density at radius 2 is 1.93 bits per heavy atom. The lowest BCUT2D eigenvalue weighted by Crippen LogP contribution is -2.26. The molecule has 0 saturated heterocycles. The van der Waals surface area contributed by atoms with Crippen LogP contribution in [0.4, 0.5) is 0 Å². The molecule has 0 saturated carbocycles. The van der Waals surface area contributed by atoms with Gasteiger partial charge in [0.05, 0.1) is 7.11 Å². The van der Waals surface area contributed by atoms with Gasteiger partial charge in [-0.25, -0.2) is 0 Å². The van der Waals surface area contributed by atoms with Gasteiger partial charge in [0, 0.05) is 6.04 Å². The number of nitrogens with two attached hydrogens (primary N) is 1. The molecule has 15 heavy (non-hydrogen) atoms. The van der Waals surface area contributed by atoms with Crippen molar-refractivity contribution in [2.45, 2.75) is 26.8 Å². The Kier molecular flexibility index (Phi) is 3.25. The van der Waals surface area contributed by atoms with Gasteiger partial charge < -0.3 is 15.6 Å². The molecular weight excluding hydrogens is 190 g/mol. The zero-order valence-corrected chi connectivity index (χ0v) is 9.74. The predicted molar refractivity (Wildman–Crippen MR) is 61.0 cm³/mol. The summed E-state index contributed by atoms with van der Waals surface area (Å²) in [4.78, 5) is 0. The Morgan fingerprint density at radius 3 is 2.33 bits per heavy atom. The molecule has 1 rings (SSSR count). The molecular formula is C12H19NO2. The van der Waals surface area contributed by atoms with Gasteiger partial charge in [0.25, 0.3) is 0 Å². The molecule has 0 radical (unpaired) electrons. The van der Waals surface area contributed by atoms with Crippen molar-refractivity contribution in [1.82, 2.24) is 0 Å². The number of ether oxygens (including phenoxy) is 1. The highest BCUT2D eigenvalue weighted by atomic mass is 16.5. The van der Waals surface area contributed by atoms with Gasteiger partial charge in [-0.3, -0.25) is 0 Å². The molecule has 0 fully saturated rings. The van der Waals surface area contributed by atoms with Crippen LogP contribution in [0.1, 0.15) is 32.4 Å². The normalized spacial score (nSPS) is 13.7. The summed E-state index contributed by atoms with van der Waals surface area (Å²) in [5, 5.41) is 9.63. The summed E-state index contributed by atoms with van der Waals surface area (Å²) in [5.74, 6) is 0.606. The Balaban J connectivity index is 3.02. The van der Waals surface area contributed by atoms with E-state index in [0.717, 1.165) is 5.56 Å². The second kappa shape index (κ2) is 4.11. The third-order valence-electron chi connectivity index (χ3n) is 2.50. The SMILES string of the molecule is COc1ccc([C@H](N)C(C)(C)C)cc1O. The Morgan fingerprint density at radius 1 is 1.33 bits per heavy atom. The van der Waals surface area contributed by atoms with Crippen LogP contribution in [0.25, 0.3) is 0 Å². The van der Waals surface area contributed by atoms with Gasteiger partial charge in [0.2, 0.25) is 0 Å². The van der Waals surface area contributed by atoms with E-state index in [1.807, 2.05) is 6.07 Å². The van der Waals surface area contributed by atoms with Gasteiger partial charge in [0.15, 0.2) is 11.5 Å². The van der Waals surface area contributed by atoms with Crippen LogP contribution in [0.2, 0.25) is 0 Å². The summed E-state index contributed by atoms with van der Waals surface area (Å²) < 4.78 is 4.97. The zero-order valence-electron chi connectivity index (χ0n) is 9.74. The van der Waals surface area contributed by atoms with Crippen LogP contribution in [-0.2, 0) is 0 Å². The average molecular weight is 209 g/mol. The average Bonchev–Trinajstić information content (AvgIpc) is 2.15. The topological polar surface area (TPSA) is 55.5 Å². The van der Waals surface area contributed by atoms with Crippen molar-refractivity contribution in [2.75, 3.05) is 7.11 Å². The van der Waals surface area contributed by atoms with E-state index in [2.05, 4.69) is 20.8 Å². The van der Waals surface area contributed by atoms with Crippen molar-refractivity contribution >= 4 is 0 Å². The van der Waals surface area contributed by atoms with E-state index in [0.29, 0.717) is 5.75 Å². The van der Waals surface area contributed by atoms with E-state index in [-0.39, 0.29) is 17.2 Å². The molecule has 1 atom stereocenters. The number of methoxy groups -OCH3 is 1. The first-order chi connectivity index (χ1) is 6.86. The first-order valence-corrected chi connectivity index (χ1v) is 4.98. The Hall–Kier alpha value is -1.22. The van der Waals surface area contributed by atoms with Gasteiger partial charge >= 0.3 is 0 Å². The van der Waals surface area contributed by atoms with Crippen molar-refractivity contribution in [3.8, 4) is 11.5 Å². The second-order valence-corrected chi connectivity index (χ2v) is 4.77. The maximum absolute atomic E-state index is 9.63. The minimum atomic E-state index is -0.102. The van der Waals surface area contributed by atoms with Crippen molar-refractivity contribution < 1.29 is 9.84 Å². The van der Waals surface area contributed by atoms with E-state index < -0.39 is 0 Å². The number of phenolic OH excluding ortho intramolecular Hbond substituents is 1. The van der Waals surface area contributed by atoms with E-state index in [4.69, 9.17) is 10.5 Å². The summed E-state index contributed by atoms with van der Waals surface area (Å²) in [6, 6.07) is 5.17. The molecule has 0 spiro atoms. The van der Waals surface area contributed by atoms with Crippen LogP contribution >= 0.6 is 0 Å². The quantitative estimate of drug-likeness (QED) is 0.786. The molecule has 1 aromatic carbocycles. The van der Waals surface area contributed by atoms with Crippen molar-refractivity contribution in [1.29, 1.82) is 0 Å². The molecule has 0 aliphatic heterocycles. The van der Waals surface area contributed by atoms with Crippen LogP contribution in [0.15, 0.2) is 18.2 Å². The van der Waals surface area contributed by atoms with E-state index in [1.165, 1.54) is 7.11 Å². The minimum absolute atomic E-state index is 0.0268. The molecule has 84 valence electrons. The van der Waals surface area contributed by atoms with Crippen molar-refractivity contribution in [3.63, 3.8) is 0 Å². The molecule has 0 amide bonds. The third-order valence-corrected chi connectivity index (χ3v) is 2.50. The smallest absolute Gasteiger partial charge is 0.160 e. The van der Waals surface area contributed by atoms with Crippen molar-refractivity contribution in [3.05, 3.63) is 23.8 Å². The van der Waals surface area contributed by atoms with Crippen LogP contribution < -0.4 is 10.5 Å². The number of hydrogen-bond donors (Lipinski definition) is 2. The molecule has 0 unspecified atom stereocenters.